The predicted molar refractivity (Wildman–Crippen MR) is 80.3 cm³/mol. The normalized spacial score (nSPS) is 19.8. The SMILES string of the molecule is COCC1CNCCN1Cc1ncnn1-c1ccccc1. The molecule has 1 N–H and O–H groups in total. The third-order valence-corrected chi connectivity index (χ3v) is 3.79. The van der Waals surface area contributed by atoms with E-state index in [1.165, 1.54) is 0 Å². The molecule has 1 aliphatic rings. The number of piperazine rings is 1. The van der Waals surface area contributed by atoms with Crippen molar-refractivity contribution in [2.24, 2.45) is 0 Å². The van der Waals surface area contributed by atoms with E-state index in [1.807, 2.05) is 35.0 Å². The highest BCUT2D eigenvalue weighted by molar-refractivity contribution is 5.30. The minimum absolute atomic E-state index is 0.379. The smallest absolute Gasteiger partial charge is 0.146 e. The van der Waals surface area contributed by atoms with Crippen LogP contribution in [0.3, 0.4) is 0 Å². The Morgan fingerprint density at radius 1 is 1.33 bits per heavy atom. The number of benzene rings is 1. The van der Waals surface area contributed by atoms with Crippen LogP contribution in [0, 0.1) is 0 Å². The lowest BCUT2D eigenvalue weighted by molar-refractivity contribution is 0.0666. The van der Waals surface area contributed by atoms with Crippen molar-refractivity contribution in [3.8, 4) is 5.69 Å². The zero-order valence-corrected chi connectivity index (χ0v) is 12.3. The zero-order valence-electron chi connectivity index (χ0n) is 12.3. The van der Waals surface area contributed by atoms with Gasteiger partial charge in [0.2, 0.25) is 0 Å². The molecule has 2 heterocycles. The van der Waals surface area contributed by atoms with E-state index in [0.717, 1.165) is 44.3 Å². The molecular formula is C15H21N5O. The second-order valence-corrected chi connectivity index (χ2v) is 5.21. The van der Waals surface area contributed by atoms with Crippen molar-refractivity contribution in [1.29, 1.82) is 0 Å². The van der Waals surface area contributed by atoms with Gasteiger partial charge in [-0.15, -0.1) is 0 Å². The number of rotatable bonds is 5. The van der Waals surface area contributed by atoms with Crippen LogP contribution in [0.25, 0.3) is 5.69 Å². The highest BCUT2D eigenvalue weighted by Gasteiger charge is 2.23. The van der Waals surface area contributed by atoms with Crippen LogP contribution in [0.4, 0.5) is 0 Å². The number of hydrogen-bond donors (Lipinski definition) is 1. The fourth-order valence-corrected chi connectivity index (χ4v) is 2.71. The van der Waals surface area contributed by atoms with Crippen molar-refractivity contribution in [3.63, 3.8) is 0 Å². The van der Waals surface area contributed by atoms with Crippen LogP contribution in [0.2, 0.25) is 0 Å². The van der Waals surface area contributed by atoms with Crippen LogP contribution >= 0.6 is 0 Å². The van der Waals surface area contributed by atoms with Gasteiger partial charge in [0.05, 0.1) is 18.8 Å². The van der Waals surface area contributed by atoms with Crippen LogP contribution in [0.1, 0.15) is 5.82 Å². The fraction of sp³-hybridized carbons (Fsp3) is 0.467. The van der Waals surface area contributed by atoms with Crippen molar-refractivity contribution in [2.45, 2.75) is 12.6 Å². The standard InChI is InChI=1S/C15H21N5O/c1-21-11-14-9-16-7-8-19(14)10-15-17-12-18-20(15)13-5-3-2-4-6-13/h2-6,12,14,16H,7-11H2,1H3. The van der Waals surface area contributed by atoms with E-state index in [4.69, 9.17) is 4.74 Å². The maximum Gasteiger partial charge on any atom is 0.146 e. The molecule has 0 saturated carbocycles. The summed E-state index contributed by atoms with van der Waals surface area (Å²) in [5.74, 6) is 0.962. The highest BCUT2D eigenvalue weighted by atomic mass is 16.5. The van der Waals surface area contributed by atoms with Gasteiger partial charge in [-0.2, -0.15) is 5.10 Å². The molecule has 1 fully saturated rings. The Kier molecular flexibility index (Phi) is 4.59. The van der Waals surface area contributed by atoms with E-state index in [-0.39, 0.29) is 0 Å². The quantitative estimate of drug-likeness (QED) is 0.877. The summed E-state index contributed by atoms with van der Waals surface area (Å²) in [7, 11) is 1.75. The summed E-state index contributed by atoms with van der Waals surface area (Å²) >= 11 is 0. The number of aromatic nitrogens is 3. The Hall–Kier alpha value is -1.76. The molecule has 0 radical (unpaired) electrons. The molecule has 3 rings (SSSR count). The van der Waals surface area contributed by atoms with Gasteiger partial charge in [0.25, 0.3) is 0 Å². The van der Waals surface area contributed by atoms with Crippen molar-refractivity contribution < 1.29 is 4.74 Å². The van der Waals surface area contributed by atoms with Crippen LogP contribution in [0.15, 0.2) is 36.7 Å². The molecule has 6 heteroatoms. The number of para-hydroxylation sites is 1. The summed E-state index contributed by atoms with van der Waals surface area (Å²) in [6.07, 6.45) is 1.62. The molecule has 1 unspecified atom stereocenters. The van der Waals surface area contributed by atoms with E-state index in [0.29, 0.717) is 6.04 Å². The van der Waals surface area contributed by atoms with Crippen LogP contribution < -0.4 is 5.32 Å². The highest BCUT2D eigenvalue weighted by Crippen LogP contribution is 2.13. The second-order valence-electron chi connectivity index (χ2n) is 5.21. The Morgan fingerprint density at radius 2 is 2.19 bits per heavy atom. The molecule has 112 valence electrons. The number of hydrogen-bond acceptors (Lipinski definition) is 5. The Bertz CT molecular complexity index is 554. The van der Waals surface area contributed by atoms with E-state index < -0.39 is 0 Å². The summed E-state index contributed by atoms with van der Waals surface area (Å²) < 4.78 is 7.23. The topological polar surface area (TPSA) is 55.2 Å². The summed E-state index contributed by atoms with van der Waals surface area (Å²) in [5, 5.41) is 7.77. The van der Waals surface area contributed by atoms with E-state index >= 15 is 0 Å². The monoisotopic (exact) mass is 287 g/mol. The van der Waals surface area contributed by atoms with Gasteiger partial charge in [0, 0.05) is 32.8 Å². The van der Waals surface area contributed by atoms with Gasteiger partial charge in [-0.05, 0) is 12.1 Å². The first kappa shape index (κ1) is 14.2. The second kappa shape index (κ2) is 6.80. The summed E-state index contributed by atoms with van der Waals surface area (Å²) in [5.41, 5.74) is 1.04. The summed E-state index contributed by atoms with van der Waals surface area (Å²) in [4.78, 5) is 6.84. The van der Waals surface area contributed by atoms with Crippen LogP contribution in [0.5, 0.6) is 0 Å². The Labute approximate surface area is 124 Å². The van der Waals surface area contributed by atoms with Gasteiger partial charge in [-0.25, -0.2) is 9.67 Å². The van der Waals surface area contributed by atoms with Crippen molar-refractivity contribution in [3.05, 3.63) is 42.5 Å². The van der Waals surface area contributed by atoms with Gasteiger partial charge in [-0.3, -0.25) is 4.90 Å². The number of methoxy groups -OCH3 is 1. The van der Waals surface area contributed by atoms with Gasteiger partial charge < -0.3 is 10.1 Å². The zero-order chi connectivity index (χ0) is 14.5. The van der Waals surface area contributed by atoms with E-state index in [9.17, 15) is 0 Å². The Morgan fingerprint density at radius 3 is 3.00 bits per heavy atom. The maximum atomic E-state index is 5.32. The molecule has 0 bridgehead atoms. The van der Waals surface area contributed by atoms with Gasteiger partial charge in [0.15, 0.2) is 0 Å². The molecule has 2 aromatic rings. The molecule has 0 spiro atoms. The van der Waals surface area contributed by atoms with E-state index in [2.05, 4.69) is 20.3 Å². The maximum absolute atomic E-state index is 5.32. The summed E-state index contributed by atoms with van der Waals surface area (Å²) in [6.45, 7) is 4.46. The molecular weight excluding hydrogens is 266 g/mol. The lowest BCUT2D eigenvalue weighted by Crippen LogP contribution is -2.52. The first-order chi connectivity index (χ1) is 10.4. The third kappa shape index (κ3) is 3.29. The average Bonchev–Trinajstić information content (AvgIpc) is 2.99. The van der Waals surface area contributed by atoms with Crippen molar-refractivity contribution in [2.75, 3.05) is 33.4 Å². The first-order valence-corrected chi connectivity index (χ1v) is 7.26. The fourth-order valence-electron chi connectivity index (χ4n) is 2.71. The van der Waals surface area contributed by atoms with E-state index in [1.54, 1.807) is 13.4 Å². The molecule has 0 aliphatic carbocycles. The molecule has 1 aromatic heterocycles. The molecule has 1 aliphatic heterocycles. The molecule has 1 aromatic carbocycles. The third-order valence-electron chi connectivity index (χ3n) is 3.79. The van der Waals surface area contributed by atoms with Gasteiger partial charge in [-0.1, -0.05) is 18.2 Å². The minimum atomic E-state index is 0.379. The molecule has 0 amide bonds. The van der Waals surface area contributed by atoms with Gasteiger partial charge >= 0.3 is 0 Å². The lowest BCUT2D eigenvalue weighted by Gasteiger charge is -2.35. The van der Waals surface area contributed by atoms with Crippen molar-refractivity contribution in [1.82, 2.24) is 25.0 Å². The predicted octanol–water partition coefficient (Wildman–Crippen LogP) is 0.688. The Balaban J connectivity index is 1.77. The minimum Gasteiger partial charge on any atom is -0.383 e. The summed E-state index contributed by atoms with van der Waals surface area (Å²) in [6, 6.07) is 10.5. The lowest BCUT2D eigenvalue weighted by atomic mass is 10.2. The number of nitrogens with zero attached hydrogens (tertiary/aromatic N) is 4. The average molecular weight is 287 g/mol. The first-order valence-electron chi connectivity index (χ1n) is 7.26. The van der Waals surface area contributed by atoms with Gasteiger partial charge in [0.1, 0.15) is 12.2 Å². The number of nitrogens with one attached hydrogen (secondary N) is 1. The molecule has 21 heavy (non-hydrogen) atoms. The molecule has 1 saturated heterocycles. The number of ether oxygens (including phenoxy) is 1. The van der Waals surface area contributed by atoms with Crippen LogP contribution in [-0.4, -0.2) is 59.1 Å². The van der Waals surface area contributed by atoms with Crippen LogP contribution in [-0.2, 0) is 11.3 Å². The largest absolute Gasteiger partial charge is 0.383 e. The molecule has 1 atom stereocenters. The van der Waals surface area contributed by atoms with Crippen molar-refractivity contribution >= 4 is 0 Å². The molecule has 6 nitrogen and oxygen atoms in total.